The molecule has 0 aliphatic heterocycles. The second kappa shape index (κ2) is 9.28. The Bertz CT molecular complexity index is 1320. The number of halogens is 1. The lowest BCUT2D eigenvalue weighted by Gasteiger charge is -2.10. The van der Waals surface area contributed by atoms with Crippen molar-refractivity contribution in [2.75, 3.05) is 11.9 Å². The molecule has 4 rings (SSSR count). The van der Waals surface area contributed by atoms with E-state index < -0.39 is 17.5 Å². The highest BCUT2D eigenvalue weighted by Crippen LogP contribution is 2.33. The Morgan fingerprint density at radius 1 is 1.00 bits per heavy atom. The maximum atomic E-state index is 14.1. The Morgan fingerprint density at radius 2 is 1.70 bits per heavy atom. The van der Waals surface area contributed by atoms with Crippen LogP contribution in [0.4, 0.5) is 10.1 Å². The number of ether oxygens (including phenoxy) is 1. The quantitative estimate of drug-likeness (QED) is 0.334. The van der Waals surface area contributed by atoms with E-state index in [0.717, 1.165) is 0 Å². The van der Waals surface area contributed by atoms with Crippen molar-refractivity contribution >= 4 is 28.3 Å². The fraction of sp³-hybridized carbons (Fsp3) is 0.185. The molecule has 1 N–H and O–H groups in total. The first-order chi connectivity index (χ1) is 15.8. The Labute approximate surface area is 191 Å². The van der Waals surface area contributed by atoms with Gasteiger partial charge in [-0.1, -0.05) is 38.1 Å². The molecule has 4 aromatic rings. The molecule has 1 heterocycles. The summed E-state index contributed by atoms with van der Waals surface area (Å²) in [6.45, 7) is 6.31. The number of para-hydroxylation sites is 1. The van der Waals surface area contributed by atoms with Crippen LogP contribution in [0.5, 0.6) is 5.75 Å². The smallest absolute Gasteiger partial charge is 0.255 e. The molecule has 0 saturated heterocycles. The number of rotatable bonds is 7. The molecule has 0 fully saturated rings. The van der Waals surface area contributed by atoms with E-state index in [1.807, 2.05) is 0 Å². The van der Waals surface area contributed by atoms with E-state index in [1.54, 1.807) is 55.5 Å². The van der Waals surface area contributed by atoms with Crippen LogP contribution in [-0.2, 0) is 0 Å². The van der Waals surface area contributed by atoms with Crippen LogP contribution in [0, 0.1) is 18.7 Å². The molecule has 0 atom stereocenters. The highest BCUT2D eigenvalue weighted by molar-refractivity contribution is 6.18. The van der Waals surface area contributed by atoms with Crippen LogP contribution >= 0.6 is 0 Å². The van der Waals surface area contributed by atoms with E-state index in [0.29, 0.717) is 40.4 Å². The minimum absolute atomic E-state index is 0.0512. The predicted octanol–water partition coefficient (Wildman–Crippen LogP) is 6.40. The monoisotopic (exact) mass is 445 g/mol. The second-order valence-corrected chi connectivity index (χ2v) is 8.28. The van der Waals surface area contributed by atoms with Crippen molar-refractivity contribution in [2.45, 2.75) is 20.8 Å². The molecule has 168 valence electrons. The first-order valence-corrected chi connectivity index (χ1v) is 10.7. The summed E-state index contributed by atoms with van der Waals surface area (Å²) in [5.74, 6) is -0.391. The Hall–Kier alpha value is -3.93. The molecule has 0 bridgehead atoms. The van der Waals surface area contributed by atoms with Gasteiger partial charge >= 0.3 is 0 Å². The van der Waals surface area contributed by atoms with Gasteiger partial charge in [-0.05, 0) is 60.9 Å². The highest BCUT2D eigenvalue weighted by Gasteiger charge is 2.24. The standard InChI is InChI=1S/C27H24FNO4/c1-16(2)15-32-20-12-10-18(11-13-20)27(31)29-24-21-6-4-5-7-23(21)33-26(24)25(30)19-9-8-17(3)22(28)14-19/h4-14,16H,15H2,1-3H3,(H,29,31). The van der Waals surface area contributed by atoms with Crippen molar-refractivity contribution in [2.24, 2.45) is 5.92 Å². The van der Waals surface area contributed by atoms with Gasteiger partial charge in [0, 0.05) is 16.5 Å². The number of anilines is 1. The molecule has 0 spiro atoms. The zero-order chi connectivity index (χ0) is 23.5. The minimum Gasteiger partial charge on any atom is -0.493 e. The summed E-state index contributed by atoms with van der Waals surface area (Å²) in [4.78, 5) is 26.1. The van der Waals surface area contributed by atoms with Gasteiger partial charge in [0.1, 0.15) is 17.1 Å². The van der Waals surface area contributed by atoms with Crippen LogP contribution in [0.15, 0.2) is 71.1 Å². The van der Waals surface area contributed by atoms with Crippen LogP contribution in [0.25, 0.3) is 11.0 Å². The Kier molecular flexibility index (Phi) is 6.27. The van der Waals surface area contributed by atoms with Gasteiger partial charge in [0.05, 0.1) is 12.3 Å². The number of carbonyl (C=O) groups excluding carboxylic acids is 2. The number of amides is 1. The molecule has 0 unspecified atom stereocenters. The van der Waals surface area contributed by atoms with E-state index in [1.165, 1.54) is 18.2 Å². The summed E-state index contributed by atoms with van der Waals surface area (Å²) in [7, 11) is 0. The number of hydrogen-bond donors (Lipinski definition) is 1. The highest BCUT2D eigenvalue weighted by atomic mass is 19.1. The summed E-state index contributed by atoms with van der Waals surface area (Å²) in [5, 5.41) is 3.39. The first kappa shape index (κ1) is 22.3. The van der Waals surface area contributed by atoms with Crippen LogP contribution in [-0.4, -0.2) is 18.3 Å². The molecule has 1 amide bonds. The lowest BCUT2D eigenvalue weighted by molar-refractivity contribution is 0.101. The summed E-state index contributed by atoms with van der Waals surface area (Å²) >= 11 is 0. The number of furan rings is 1. The van der Waals surface area contributed by atoms with Crippen LogP contribution in [0.2, 0.25) is 0 Å². The molecule has 33 heavy (non-hydrogen) atoms. The molecule has 0 radical (unpaired) electrons. The van der Waals surface area contributed by atoms with Gasteiger partial charge in [-0.25, -0.2) is 4.39 Å². The normalized spacial score (nSPS) is 11.1. The van der Waals surface area contributed by atoms with Gasteiger partial charge in [-0.15, -0.1) is 0 Å². The number of carbonyl (C=O) groups is 2. The summed E-state index contributed by atoms with van der Waals surface area (Å²) in [6, 6.07) is 18.0. The van der Waals surface area contributed by atoms with Crippen LogP contribution in [0.3, 0.4) is 0 Å². The predicted molar refractivity (Wildman–Crippen MR) is 126 cm³/mol. The molecule has 1 aromatic heterocycles. The number of aryl methyl sites for hydroxylation is 1. The van der Waals surface area contributed by atoms with E-state index in [9.17, 15) is 14.0 Å². The molecule has 0 saturated carbocycles. The molecule has 3 aromatic carbocycles. The second-order valence-electron chi connectivity index (χ2n) is 8.28. The fourth-order valence-electron chi connectivity index (χ4n) is 3.35. The lowest BCUT2D eigenvalue weighted by atomic mass is 10.0. The van der Waals surface area contributed by atoms with Crippen LogP contribution in [0.1, 0.15) is 45.9 Å². The molecule has 6 heteroatoms. The third-order valence-corrected chi connectivity index (χ3v) is 5.17. The Morgan fingerprint density at radius 3 is 2.39 bits per heavy atom. The number of nitrogens with one attached hydrogen (secondary N) is 1. The van der Waals surface area contributed by atoms with Gasteiger partial charge in [-0.2, -0.15) is 0 Å². The molecule has 0 aliphatic rings. The average Bonchev–Trinajstić information content (AvgIpc) is 3.17. The van der Waals surface area contributed by atoms with Crippen molar-refractivity contribution in [3.05, 3.63) is 95.0 Å². The summed E-state index contributed by atoms with van der Waals surface area (Å²) < 4.78 is 25.5. The van der Waals surface area contributed by atoms with Gasteiger partial charge in [0.15, 0.2) is 5.76 Å². The van der Waals surface area contributed by atoms with Gasteiger partial charge in [0.2, 0.25) is 5.78 Å². The molecule has 5 nitrogen and oxygen atoms in total. The number of ketones is 1. The zero-order valence-electron chi connectivity index (χ0n) is 18.6. The van der Waals surface area contributed by atoms with Gasteiger partial charge < -0.3 is 14.5 Å². The third-order valence-electron chi connectivity index (χ3n) is 5.17. The van der Waals surface area contributed by atoms with Crippen molar-refractivity contribution in [1.29, 1.82) is 0 Å². The van der Waals surface area contributed by atoms with E-state index in [-0.39, 0.29) is 17.0 Å². The number of hydrogen-bond acceptors (Lipinski definition) is 4. The summed E-state index contributed by atoms with van der Waals surface area (Å²) in [6.07, 6.45) is 0. The summed E-state index contributed by atoms with van der Waals surface area (Å²) in [5.41, 5.74) is 1.67. The molecular formula is C27H24FNO4. The SMILES string of the molecule is Cc1ccc(C(=O)c2oc3ccccc3c2NC(=O)c2ccc(OCC(C)C)cc2)cc1F. The van der Waals surface area contributed by atoms with Gasteiger partial charge in [-0.3, -0.25) is 9.59 Å². The third kappa shape index (κ3) is 4.80. The Balaban J connectivity index is 1.65. The zero-order valence-corrected chi connectivity index (χ0v) is 18.6. The van der Waals surface area contributed by atoms with Crippen molar-refractivity contribution in [3.8, 4) is 5.75 Å². The van der Waals surface area contributed by atoms with Gasteiger partial charge in [0.25, 0.3) is 5.91 Å². The largest absolute Gasteiger partial charge is 0.493 e. The maximum Gasteiger partial charge on any atom is 0.255 e. The number of benzene rings is 3. The topological polar surface area (TPSA) is 68.5 Å². The van der Waals surface area contributed by atoms with Crippen molar-refractivity contribution in [1.82, 2.24) is 0 Å². The van der Waals surface area contributed by atoms with E-state index in [4.69, 9.17) is 9.15 Å². The fourth-order valence-corrected chi connectivity index (χ4v) is 3.35. The minimum atomic E-state index is -0.516. The van der Waals surface area contributed by atoms with Crippen molar-refractivity contribution < 1.29 is 23.1 Å². The van der Waals surface area contributed by atoms with E-state index >= 15 is 0 Å². The van der Waals surface area contributed by atoms with Crippen LogP contribution < -0.4 is 10.1 Å². The first-order valence-electron chi connectivity index (χ1n) is 10.7. The average molecular weight is 445 g/mol. The number of fused-ring (bicyclic) bond motifs is 1. The molecular weight excluding hydrogens is 421 g/mol. The lowest BCUT2D eigenvalue weighted by Crippen LogP contribution is -2.14. The van der Waals surface area contributed by atoms with E-state index in [2.05, 4.69) is 19.2 Å². The maximum absolute atomic E-state index is 14.1. The van der Waals surface area contributed by atoms with Crippen molar-refractivity contribution in [3.63, 3.8) is 0 Å². The molecule has 0 aliphatic carbocycles.